The Morgan fingerprint density at radius 1 is 0.913 bits per heavy atom. The lowest BCUT2D eigenvalue weighted by Gasteiger charge is -2.55. The van der Waals surface area contributed by atoms with Gasteiger partial charge in [0.25, 0.3) is 5.91 Å². The zero-order valence-corrected chi connectivity index (χ0v) is 13.1. The number of nitrogens with zero attached hydrogens (tertiary/aromatic N) is 4. The molecule has 4 heterocycles. The minimum absolute atomic E-state index is 0.132. The molecule has 2 aromatic heterocycles. The van der Waals surface area contributed by atoms with Crippen LogP contribution in [0.1, 0.15) is 23.2 Å². The van der Waals surface area contributed by atoms with Crippen LogP contribution in [0.15, 0.2) is 49.1 Å². The first-order chi connectivity index (χ1) is 11.3. The van der Waals surface area contributed by atoms with E-state index in [2.05, 4.69) is 27.0 Å². The molecule has 0 saturated carbocycles. The molecule has 0 aliphatic carbocycles. The molecule has 0 bridgehead atoms. The van der Waals surface area contributed by atoms with Gasteiger partial charge in [-0.2, -0.15) is 0 Å². The summed E-state index contributed by atoms with van der Waals surface area (Å²) in [6.07, 6.45) is 9.22. The van der Waals surface area contributed by atoms with Crippen LogP contribution in [-0.2, 0) is 0 Å². The van der Waals surface area contributed by atoms with Crippen molar-refractivity contribution in [1.82, 2.24) is 14.9 Å². The Hall–Kier alpha value is -2.43. The van der Waals surface area contributed by atoms with Gasteiger partial charge < -0.3 is 9.80 Å². The maximum absolute atomic E-state index is 12.5. The van der Waals surface area contributed by atoms with Gasteiger partial charge in [0.2, 0.25) is 0 Å². The fourth-order valence-corrected chi connectivity index (χ4v) is 3.68. The summed E-state index contributed by atoms with van der Waals surface area (Å²) < 4.78 is 0. The second-order valence-electron chi connectivity index (χ2n) is 6.59. The van der Waals surface area contributed by atoms with E-state index < -0.39 is 0 Å². The highest BCUT2D eigenvalue weighted by Gasteiger charge is 2.45. The standard InChI is InChI=1S/C18H20N4O/c23-17(15-1-7-19-8-2-15)21-11-5-18(6-12-21)13-22(14-18)16-3-9-20-10-4-16/h1-4,7-10H,5-6,11-14H2. The molecule has 5 nitrogen and oxygen atoms in total. The van der Waals surface area contributed by atoms with Gasteiger partial charge in [-0.1, -0.05) is 0 Å². The summed E-state index contributed by atoms with van der Waals surface area (Å²) in [4.78, 5) is 24.9. The van der Waals surface area contributed by atoms with Gasteiger partial charge in [-0.15, -0.1) is 0 Å². The third-order valence-electron chi connectivity index (χ3n) is 5.12. The van der Waals surface area contributed by atoms with E-state index >= 15 is 0 Å². The highest BCUT2D eigenvalue weighted by atomic mass is 16.2. The van der Waals surface area contributed by atoms with Crippen molar-refractivity contribution in [3.63, 3.8) is 0 Å². The number of rotatable bonds is 2. The summed E-state index contributed by atoms with van der Waals surface area (Å²) in [7, 11) is 0. The van der Waals surface area contributed by atoms with E-state index in [-0.39, 0.29) is 5.91 Å². The van der Waals surface area contributed by atoms with Crippen molar-refractivity contribution >= 4 is 11.6 Å². The fraction of sp³-hybridized carbons (Fsp3) is 0.389. The topological polar surface area (TPSA) is 49.3 Å². The molecule has 0 N–H and O–H groups in total. The summed E-state index contributed by atoms with van der Waals surface area (Å²) in [5, 5.41) is 0. The fourth-order valence-electron chi connectivity index (χ4n) is 3.68. The molecular formula is C18H20N4O. The number of pyridine rings is 2. The number of carbonyl (C=O) groups excluding carboxylic acids is 1. The number of amides is 1. The summed E-state index contributed by atoms with van der Waals surface area (Å²) in [5.41, 5.74) is 2.38. The van der Waals surface area contributed by atoms with Crippen LogP contribution in [-0.4, -0.2) is 47.0 Å². The molecule has 4 rings (SSSR count). The third kappa shape index (κ3) is 2.67. The predicted octanol–water partition coefficient (Wildman–Crippen LogP) is 2.22. The minimum atomic E-state index is 0.132. The summed E-state index contributed by atoms with van der Waals surface area (Å²) in [5.74, 6) is 0.132. The average molecular weight is 308 g/mol. The van der Waals surface area contributed by atoms with E-state index in [9.17, 15) is 4.79 Å². The normalized spacial score (nSPS) is 19.5. The molecule has 0 atom stereocenters. The van der Waals surface area contributed by atoms with Gasteiger partial charge in [0.1, 0.15) is 0 Å². The summed E-state index contributed by atoms with van der Waals surface area (Å²) >= 11 is 0. The van der Waals surface area contributed by atoms with Crippen molar-refractivity contribution in [2.45, 2.75) is 12.8 Å². The lowest BCUT2D eigenvalue weighted by Crippen LogP contribution is -2.61. The summed E-state index contributed by atoms with van der Waals surface area (Å²) in [6, 6.07) is 7.71. The van der Waals surface area contributed by atoms with E-state index in [1.807, 2.05) is 17.3 Å². The number of aromatic nitrogens is 2. The smallest absolute Gasteiger partial charge is 0.253 e. The highest BCUT2D eigenvalue weighted by molar-refractivity contribution is 5.94. The van der Waals surface area contributed by atoms with Crippen LogP contribution in [0.2, 0.25) is 0 Å². The first kappa shape index (κ1) is 14.2. The van der Waals surface area contributed by atoms with Gasteiger partial charge in [0.05, 0.1) is 0 Å². The lowest BCUT2D eigenvalue weighted by atomic mass is 9.71. The third-order valence-corrected chi connectivity index (χ3v) is 5.12. The second-order valence-corrected chi connectivity index (χ2v) is 6.59. The average Bonchev–Trinajstić information content (AvgIpc) is 2.61. The van der Waals surface area contributed by atoms with Crippen molar-refractivity contribution in [2.24, 2.45) is 5.41 Å². The van der Waals surface area contributed by atoms with Crippen LogP contribution < -0.4 is 4.90 Å². The molecule has 0 aromatic carbocycles. The molecule has 1 amide bonds. The predicted molar refractivity (Wildman–Crippen MR) is 88.3 cm³/mol. The number of piperidine rings is 1. The molecule has 2 aliphatic heterocycles. The number of hydrogen-bond acceptors (Lipinski definition) is 4. The molecule has 5 heteroatoms. The van der Waals surface area contributed by atoms with Crippen molar-refractivity contribution in [2.75, 3.05) is 31.1 Å². The Kier molecular flexibility index (Phi) is 3.48. The van der Waals surface area contributed by atoms with E-state index in [1.165, 1.54) is 5.69 Å². The van der Waals surface area contributed by atoms with Crippen molar-refractivity contribution in [1.29, 1.82) is 0 Å². The van der Waals surface area contributed by atoms with Crippen molar-refractivity contribution < 1.29 is 4.79 Å². The first-order valence-electron chi connectivity index (χ1n) is 8.10. The van der Waals surface area contributed by atoms with Crippen molar-refractivity contribution in [3.05, 3.63) is 54.6 Å². The van der Waals surface area contributed by atoms with Crippen LogP contribution >= 0.6 is 0 Å². The van der Waals surface area contributed by atoms with E-state index in [1.54, 1.807) is 24.5 Å². The maximum atomic E-state index is 12.5. The molecule has 2 saturated heterocycles. The maximum Gasteiger partial charge on any atom is 0.253 e. The molecule has 23 heavy (non-hydrogen) atoms. The molecule has 118 valence electrons. The van der Waals surface area contributed by atoms with E-state index in [0.717, 1.165) is 44.6 Å². The Bertz CT molecular complexity index is 673. The highest BCUT2D eigenvalue weighted by Crippen LogP contribution is 2.42. The van der Waals surface area contributed by atoms with Gasteiger partial charge in [-0.05, 0) is 37.1 Å². The van der Waals surface area contributed by atoms with Crippen LogP contribution in [0, 0.1) is 5.41 Å². The van der Waals surface area contributed by atoms with Crippen LogP contribution in [0.5, 0.6) is 0 Å². The Labute approximate surface area is 136 Å². The zero-order valence-electron chi connectivity index (χ0n) is 13.1. The van der Waals surface area contributed by atoms with Gasteiger partial charge in [-0.3, -0.25) is 14.8 Å². The summed E-state index contributed by atoms with van der Waals surface area (Å²) in [6.45, 7) is 3.89. The molecule has 0 unspecified atom stereocenters. The van der Waals surface area contributed by atoms with Gasteiger partial charge in [0.15, 0.2) is 0 Å². The molecule has 1 spiro atoms. The van der Waals surface area contributed by atoms with Gasteiger partial charge in [0, 0.05) is 67.6 Å². The molecule has 2 aliphatic rings. The van der Waals surface area contributed by atoms with Crippen LogP contribution in [0.4, 0.5) is 5.69 Å². The second kappa shape index (κ2) is 5.65. The largest absolute Gasteiger partial charge is 0.370 e. The molecule has 2 aromatic rings. The molecular weight excluding hydrogens is 288 g/mol. The van der Waals surface area contributed by atoms with Crippen molar-refractivity contribution in [3.8, 4) is 0 Å². The number of anilines is 1. The molecule has 0 radical (unpaired) electrons. The van der Waals surface area contributed by atoms with Gasteiger partial charge >= 0.3 is 0 Å². The van der Waals surface area contributed by atoms with E-state index in [0.29, 0.717) is 5.41 Å². The Morgan fingerprint density at radius 3 is 2.09 bits per heavy atom. The Balaban J connectivity index is 1.35. The monoisotopic (exact) mass is 308 g/mol. The zero-order chi connectivity index (χ0) is 15.7. The van der Waals surface area contributed by atoms with Gasteiger partial charge in [-0.25, -0.2) is 0 Å². The van der Waals surface area contributed by atoms with Crippen LogP contribution in [0.3, 0.4) is 0 Å². The quantitative estimate of drug-likeness (QED) is 0.853. The molecule has 2 fully saturated rings. The van der Waals surface area contributed by atoms with E-state index in [4.69, 9.17) is 0 Å². The first-order valence-corrected chi connectivity index (χ1v) is 8.10. The SMILES string of the molecule is O=C(c1ccncc1)N1CCC2(CC1)CN(c1ccncc1)C2. The number of carbonyl (C=O) groups is 1. The minimum Gasteiger partial charge on any atom is -0.370 e. The van der Waals surface area contributed by atoms with Crippen LogP contribution in [0.25, 0.3) is 0 Å². The number of hydrogen-bond donors (Lipinski definition) is 0. The lowest BCUT2D eigenvalue weighted by molar-refractivity contribution is 0.0502. The number of likely N-dealkylation sites (tertiary alicyclic amines) is 1. The Morgan fingerprint density at radius 2 is 1.48 bits per heavy atom.